The third kappa shape index (κ3) is 5.14. The van der Waals surface area contributed by atoms with Gasteiger partial charge in [0.2, 0.25) is 5.91 Å². The van der Waals surface area contributed by atoms with E-state index in [-0.39, 0.29) is 11.9 Å². The van der Waals surface area contributed by atoms with E-state index in [1.807, 2.05) is 74.6 Å². The fraction of sp³-hybridized carbons (Fsp3) is 0.280. The number of nitrogens with zero attached hydrogens (tertiary/aromatic N) is 3. The van der Waals surface area contributed by atoms with Crippen molar-refractivity contribution < 1.29 is 4.79 Å². The number of pyridine rings is 1. The van der Waals surface area contributed by atoms with E-state index >= 15 is 0 Å². The van der Waals surface area contributed by atoms with Crippen molar-refractivity contribution in [2.45, 2.75) is 19.9 Å². The molecule has 160 valence electrons. The number of anilines is 2. The first kappa shape index (κ1) is 21.5. The number of hydrogen-bond donors (Lipinski definition) is 1. The summed E-state index contributed by atoms with van der Waals surface area (Å²) in [5.74, 6) is 0.981. The van der Waals surface area contributed by atoms with E-state index in [0.717, 1.165) is 58.8 Å². The highest BCUT2D eigenvalue weighted by atomic mass is 79.9. The third-order valence-electron chi connectivity index (χ3n) is 5.73. The number of aryl methyl sites for hydroxylation is 2. The van der Waals surface area contributed by atoms with Gasteiger partial charge in [-0.3, -0.25) is 9.69 Å². The first-order valence-electron chi connectivity index (χ1n) is 10.5. The molecule has 1 amide bonds. The molecule has 0 saturated carbocycles. The minimum Gasteiger partial charge on any atom is -0.354 e. The van der Waals surface area contributed by atoms with Crippen molar-refractivity contribution in [1.29, 1.82) is 0 Å². The van der Waals surface area contributed by atoms with Crippen LogP contribution >= 0.6 is 15.9 Å². The summed E-state index contributed by atoms with van der Waals surface area (Å²) in [5, 5.41) is 3.18. The van der Waals surface area contributed by atoms with Crippen LogP contribution in [0.3, 0.4) is 0 Å². The Morgan fingerprint density at radius 3 is 2.42 bits per heavy atom. The number of piperazine rings is 1. The highest BCUT2D eigenvalue weighted by molar-refractivity contribution is 9.10. The summed E-state index contributed by atoms with van der Waals surface area (Å²) >= 11 is 3.44. The highest BCUT2D eigenvalue weighted by Gasteiger charge is 2.31. The van der Waals surface area contributed by atoms with Crippen molar-refractivity contribution >= 4 is 33.3 Å². The number of rotatable bonds is 5. The lowest BCUT2D eigenvalue weighted by atomic mass is 10.0. The van der Waals surface area contributed by atoms with Gasteiger partial charge in [-0.15, -0.1) is 0 Å². The number of halogens is 1. The second-order valence-electron chi connectivity index (χ2n) is 7.98. The molecule has 1 unspecified atom stereocenters. The number of benzene rings is 2. The van der Waals surface area contributed by atoms with Crippen LogP contribution < -0.4 is 10.2 Å². The van der Waals surface area contributed by atoms with Gasteiger partial charge in [-0.1, -0.05) is 42.5 Å². The summed E-state index contributed by atoms with van der Waals surface area (Å²) in [6.07, 6.45) is 1.83. The Kier molecular flexibility index (Phi) is 6.68. The predicted molar refractivity (Wildman–Crippen MR) is 129 cm³/mol. The van der Waals surface area contributed by atoms with Gasteiger partial charge in [0, 0.05) is 42.5 Å². The summed E-state index contributed by atoms with van der Waals surface area (Å²) < 4.78 is 0.974. The van der Waals surface area contributed by atoms with E-state index in [0.29, 0.717) is 0 Å². The molecular formula is C25H27BrN4O. The average Bonchev–Trinajstić information content (AvgIpc) is 2.78. The van der Waals surface area contributed by atoms with E-state index in [9.17, 15) is 4.79 Å². The number of hydrogen-bond acceptors (Lipinski definition) is 4. The van der Waals surface area contributed by atoms with Gasteiger partial charge >= 0.3 is 0 Å². The van der Waals surface area contributed by atoms with Crippen molar-refractivity contribution in [3.05, 3.63) is 88.0 Å². The number of carbonyl (C=O) groups is 1. The van der Waals surface area contributed by atoms with Gasteiger partial charge in [0.1, 0.15) is 11.9 Å². The fourth-order valence-corrected chi connectivity index (χ4v) is 4.23. The molecule has 3 aromatic rings. The molecule has 0 radical (unpaired) electrons. The van der Waals surface area contributed by atoms with Gasteiger partial charge in [0.15, 0.2) is 0 Å². The molecule has 0 bridgehead atoms. The van der Waals surface area contributed by atoms with Gasteiger partial charge in [0.25, 0.3) is 0 Å². The maximum atomic E-state index is 13.5. The summed E-state index contributed by atoms with van der Waals surface area (Å²) in [7, 11) is 0. The lowest BCUT2D eigenvalue weighted by Gasteiger charge is -2.39. The van der Waals surface area contributed by atoms with Gasteiger partial charge < -0.3 is 10.2 Å². The van der Waals surface area contributed by atoms with E-state index < -0.39 is 0 Å². The van der Waals surface area contributed by atoms with Crippen LogP contribution in [0.25, 0.3) is 0 Å². The number of carbonyl (C=O) groups excluding carboxylic acids is 1. The molecule has 5 nitrogen and oxygen atoms in total. The smallest absolute Gasteiger partial charge is 0.246 e. The zero-order valence-corrected chi connectivity index (χ0v) is 19.5. The molecule has 2 aromatic carbocycles. The lowest BCUT2D eigenvalue weighted by Crippen LogP contribution is -2.50. The minimum absolute atomic E-state index is 0.00937. The van der Waals surface area contributed by atoms with Crippen molar-refractivity contribution in [3.8, 4) is 0 Å². The number of amides is 1. The lowest BCUT2D eigenvalue weighted by molar-refractivity contribution is -0.121. The van der Waals surface area contributed by atoms with E-state index in [1.54, 1.807) is 0 Å². The van der Waals surface area contributed by atoms with Gasteiger partial charge in [0.05, 0.1) is 0 Å². The van der Waals surface area contributed by atoms with E-state index in [4.69, 9.17) is 0 Å². The molecule has 1 saturated heterocycles. The van der Waals surface area contributed by atoms with Crippen LogP contribution in [0.1, 0.15) is 22.7 Å². The average molecular weight is 479 g/mol. The van der Waals surface area contributed by atoms with Crippen LogP contribution in [0.15, 0.2) is 71.3 Å². The molecule has 2 heterocycles. The standard InChI is InChI=1S/C25H27BrN4O/c1-18-8-9-19(2)22(16-18)28-25(31)24(20-6-4-3-5-7-20)30-14-12-29(13-15-30)23-11-10-21(26)17-27-23/h3-11,16-17,24H,12-15H2,1-2H3,(H,28,31). The quantitative estimate of drug-likeness (QED) is 0.562. The molecule has 1 N–H and O–H groups in total. The Bertz CT molecular complexity index is 1030. The van der Waals surface area contributed by atoms with Crippen LogP contribution in [0.4, 0.5) is 11.5 Å². The van der Waals surface area contributed by atoms with Crippen LogP contribution in [-0.2, 0) is 4.79 Å². The summed E-state index contributed by atoms with van der Waals surface area (Å²) in [5.41, 5.74) is 4.09. The Morgan fingerprint density at radius 2 is 1.74 bits per heavy atom. The molecule has 31 heavy (non-hydrogen) atoms. The highest BCUT2D eigenvalue weighted by Crippen LogP contribution is 2.27. The molecule has 1 aromatic heterocycles. The predicted octanol–water partition coefficient (Wildman–Crippen LogP) is 4.96. The van der Waals surface area contributed by atoms with Crippen molar-refractivity contribution in [2.24, 2.45) is 0 Å². The molecule has 1 atom stereocenters. The molecule has 1 aliphatic heterocycles. The summed E-state index contributed by atoms with van der Waals surface area (Å²) in [4.78, 5) is 22.5. The largest absolute Gasteiger partial charge is 0.354 e. The normalized spacial score (nSPS) is 15.5. The van der Waals surface area contributed by atoms with E-state index in [1.165, 1.54) is 0 Å². The fourth-order valence-electron chi connectivity index (χ4n) is 4.00. The molecule has 1 aliphatic rings. The second kappa shape index (κ2) is 9.62. The van der Waals surface area contributed by atoms with Crippen LogP contribution in [0.5, 0.6) is 0 Å². The van der Waals surface area contributed by atoms with Gasteiger partial charge in [-0.25, -0.2) is 4.98 Å². The summed E-state index contributed by atoms with van der Waals surface area (Å²) in [6.45, 7) is 7.30. The topological polar surface area (TPSA) is 48.5 Å². The Balaban J connectivity index is 1.53. The minimum atomic E-state index is -0.332. The van der Waals surface area contributed by atoms with Crippen LogP contribution in [-0.4, -0.2) is 42.0 Å². The molecule has 0 spiro atoms. The maximum absolute atomic E-state index is 13.5. The van der Waals surface area contributed by atoms with Gasteiger partial charge in [-0.05, 0) is 64.7 Å². The van der Waals surface area contributed by atoms with Crippen molar-refractivity contribution in [2.75, 3.05) is 36.4 Å². The van der Waals surface area contributed by atoms with Crippen molar-refractivity contribution in [1.82, 2.24) is 9.88 Å². The SMILES string of the molecule is Cc1ccc(C)c(NC(=O)C(c2ccccc2)N2CCN(c3ccc(Br)cn3)CC2)c1. The Morgan fingerprint density at radius 1 is 1.00 bits per heavy atom. The second-order valence-corrected chi connectivity index (χ2v) is 8.89. The van der Waals surface area contributed by atoms with E-state index in [2.05, 4.69) is 42.1 Å². The van der Waals surface area contributed by atoms with Gasteiger partial charge in [-0.2, -0.15) is 0 Å². The van der Waals surface area contributed by atoms with Crippen LogP contribution in [0.2, 0.25) is 0 Å². The molecule has 1 fully saturated rings. The Hall–Kier alpha value is -2.70. The molecular weight excluding hydrogens is 452 g/mol. The first-order chi connectivity index (χ1) is 15.0. The molecule has 6 heteroatoms. The number of aromatic nitrogens is 1. The van der Waals surface area contributed by atoms with Crippen LogP contribution in [0, 0.1) is 13.8 Å². The zero-order valence-electron chi connectivity index (χ0n) is 17.9. The Labute approximate surface area is 192 Å². The molecule has 0 aliphatic carbocycles. The monoisotopic (exact) mass is 478 g/mol. The summed E-state index contributed by atoms with van der Waals surface area (Å²) in [6, 6.07) is 19.9. The molecule has 4 rings (SSSR count). The maximum Gasteiger partial charge on any atom is 0.246 e. The zero-order chi connectivity index (χ0) is 21.8. The third-order valence-corrected chi connectivity index (χ3v) is 6.20. The van der Waals surface area contributed by atoms with Crippen molar-refractivity contribution in [3.63, 3.8) is 0 Å². The first-order valence-corrected chi connectivity index (χ1v) is 11.3. The number of nitrogens with one attached hydrogen (secondary N) is 1.